The molecule has 7 heteroatoms. The molecule has 39 heavy (non-hydrogen) atoms. The maximum Gasteiger partial charge on any atom is 0.254 e. The first-order valence-electron chi connectivity index (χ1n) is 13.6. The summed E-state index contributed by atoms with van der Waals surface area (Å²) >= 11 is 3.49. The summed E-state index contributed by atoms with van der Waals surface area (Å²) in [5.41, 5.74) is 2.84. The molecule has 2 aliphatic heterocycles. The molecule has 2 amide bonds. The lowest BCUT2D eigenvalue weighted by molar-refractivity contribution is -0.138. The molecule has 2 heterocycles. The fourth-order valence-electron chi connectivity index (χ4n) is 6.01. The molecule has 0 radical (unpaired) electrons. The second kappa shape index (κ2) is 13.1. The lowest BCUT2D eigenvalue weighted by Crippen LogP contribution is -2.45. The van der Waals surface area contributed by atoms with Crippen LogP contribution in [0.5, 0.6) is 0 Å². The maximum absolute atomic E-state index is 13.5. The van der Waals surface area contributed by atoms with Crippen molar-refractivity contribution >= 4 is 40.2 Å². The van der Waals surface area contributed by atoms with Crippen LogP contribution in [0.3, 0.4) is 0 Å². The quantitative estimate of drug-likeness (QED) is 0.289. The number of hydrogen-bond donors (Lipinski definition) is 0. The van der Waals surface area contributed by atoms with Crippen LogP contribution in [0.2, 0.25) is 0 Å². The number of halogens is 2. The van der Waals surface area contributed by atoms with E-state index in [2.05, 4.69) is 50.0 Å². The van der Waals surface area contributed by atoms with Crippen LogP contribution in [-0.4, -0.2) is 59.7 Å². The van der Waals surface area contributed by atoms with Gasteiger partial charge in [-0.1, -0.05) is 76.6 Å². The lowest BCUT2D eigenvalue weighted by Gasteiger charge is -2.39. The third-order valence-corrected chi connectivity index (χ3v) is 8.94. The van der Waals surface area contributed by atoms with Crippen LogP contribution in [0.15, 0.2) is 89.4 Å². The Balaban J connectivity index is 0.00000353. The van der Waals surface area contributed by atoms with Crippen LogP contribution in [0, 0.1) is 5.41 Å². The van der Waals surface area contributed by atoms with Crippen LogP contribution in [0.1, 0.15) is 53.2 Å². The summed E-state index contributed by atoms with van der Waals surface area (Å²) in [4.78, 5) is 33.1. The molecule has 0 saturated carbocycles. The SMILES string of the molecule is CN(C(=O)c1ccccc1)C(CCN1CCC2(CC1)CCN(Cc1ccc(Br)cc1)C2=O)c1ccccc1.Cl. The van der Waals surface area contributed by atoms with E-state index in [1.807, 2.05) is 72.6 Å². The Morgan fingerprint density at radius 3 is 2.13 bits per heavy atom. The van der Waals surface area contributed by atoms with E-state index in [1.54, 1.807) is 0 Å². The summed E-state index contributed by atoms with van der Waals surface area (Å²) < 4.78 is 1.06. The second-order valence-corrected chi connectivity index (χ2v) is 11.6. The zero-order valence-electron chi connectivity index (χ0n) is 22.5. The highest BCUT2D eigenvalue weighted by molar-refractivity contribution is 9.10. The summed E-state index contributed by atoms with van der Waals surface area (Å²) in [5.74, 6) is 0.370. The van der Waals surface area contributed by atoms with Crippen molar-refractivity contribution in [2.24, 2.45) is 5.41 Å². The third kappa shape index (κ3) is 6.74. The summed E-state index contributed by atoms with van der Waals surface area (Å²) in [6, 6.07) is 28.1. The van der Waals surface area contributed by atoms with E-state index in [-0.39, 0.29) is 29.8 Å². The van der Waals surface area contributed by atoms with E-state index in [0.717, 1.165) is 61.9 Å². The molecular weight excluding hydrogens is 574 g/mol. The molecule has 2 aliphatic rings. The van der Waals surface area contributed by atoms with Crippen molar-refractivity contribution in [3.05, 3.63) is 106 Å². The predicted octanol–water partition coefficient (Wildman–Crippen LogP) is 6.59. The lowest BCUT2D eigenvalue weighted by atomic mass is 9.77. The van der Waals surface area contributed by atoms with Crippen molar-refractivity contribution in [3.8, 4) is 0 Å². The fourth-order valence-corrected chi connectivity index (χ4v) is 6.28. The number of likely N-dealkylation sites (tertiary alicyclic amines) is 2. The van der Waals surface area contributed by atoms with E-state index in [4.69, 9.17) is 0 Å². The Bertz CT molecular complexity index is 1230. The average molecular weight is 611 g/mol. The zero-order valence-corrected chi connectivity index (χ0v) is 24.9. The topological polar surface area (TPSA) is 43.9 Å². The summed E-state index contributed by atoms with van der Waals surface area (Å²) in [5, 5.41) is 0. The zero-order chi connectivity index (χ0) is 26.5. The molecule has 2 fully saturated rings. The van der Waals surface area contributed by atoms with Gasteiger partial charge >= 0.3 is 0 Å². The van der Waals surface area contributed by atoms with E-state index in [9.17, 15) is 9.59 Å². The molecule has 0 aliphatic carbocycles. The van der Waals surface area contributed by atoms with Gasteiger partial charge in [0.1, 0.15) is 0 Å². The van der Waals surface area contributed by atoms with Gasteiger partial charge in [0, 0.05) is 36.7 Å². The molecule has 5 nitrogen and oxygen atoms in total. The van der Waals surface area contributed by atoms with Gasteiger partial charge in [-0.15, -0.1) is 12.4 Å². The molecule has 206 valence electrons. The molecule has 0 bridgehead atoms. The molecular formula is C32H37BrClN3O2. The summed E-state index contributed by atoms with van der Waals surface area (Å²) in [7, 11) is 1.91. The van der Waals surface area contributed by atoms with E-state index in [1.165, 1.54) is 5.56 Å². The molecule has 1 spiro atoms. The van der Waals surface area contributed by atoms with E-state index in [0.29, 0.717) is 18.0 Å². The minimum Gasteiger partial charge on any atom is -0.338 e. The first kappa shape index (κ1) is 29.3. The summed E-state index contributed by atoms with van der Waals surface area (Å²) in [6.45, 7) is 4.29. The highest BCUT2D eigenvalue weighted by atomic mass is 79.9. The van der Waals surface area contributed by atoms with Crippen molar-refractivity contribution in [1.82, 2.24) is 14.7 Å². The number of hydrogen-bond acceptors (Lipinski definition) is 3. The second-order valence-electron chi connectivity index (χ2n) is 10.7. The van der Waals surface area contributed by atoms with Gasteiger partial charge in [-0.2, -0.15) is 0 Å². The van der Waals surface area contributed by atoms with Crippen molar-refractivity contribution in [3.63, 3.8) is 0 Å². The van der Waals surface area contributed by atoms with Crippen molar-refractivity contribution in [1.29, 1.82) is 0 Å². The first-order valence-corrected chi connectivity index (χ1v) is 14.4. The van der Waals surface area contributed by atoms with Gasteiger partial charge in [-0.05, 0) is 74.2 Å². The Kier molecular flexibility index (Phi) is 9.86. The maximum atomic E-state index is 13.5. The molecule has 3 aromatic rings. The average Bonchev–Trinajstić information content (AvgIpc) is 3.25. The Labute approximate surface area is 246 Å². The first-order chi connectivity index (χ1) is 18.4. The number of benzene rings is 3. The number of piperidine rings is 1. The number of nitrogens with zero attached hydrogens (tertiary/aromatic N) is 3. The highest BCUT2D eigenvalue weighted by Gasteiger charge is 2.47. The smallest absolute Gasteiger partial charge is 0.254 e. The molecule has 5 rings (SSSR count). The molecule has 2 saturated heterocycles. The van der Waals surface area contributed by atoms with Crippen LogP contribution in [0.25, 0.3) is 0 Å². The van der Waals surface area contributed by atoms with Crippen molar-refractivity contribution in [2.45, 2.75) is 38.3 Å². The number of carbonyl (C=O) groups excluding carboxylic acids is 2. The molecule has 1 unspecified atom stereocenters. The predicted molar refractivity (Wildman–Crippen MR) is 162 cm³/mol. The fraction of sp³-hybridized carbons (Fsp3) is 0.375. The highest BCUT2D eigenvalue weighted by Crippen LogP contribution is 2.42. The summed E-state index contributed by atoms with van der Waals surface area (Å²) in [6.07, 6.45) is 3.64. The molecule has 0 N–H and O–H groups in total. The minimum absolute atomic E-state index is 0. The number of carbonyl (C=O) groups is 2. The molecule has 1 atom stereocenters. The van der Waals surface area contributed by atoms with E-state index < -0.39 is 0 Å². The number of amides is 2. The van der Waals surface area contributed by atoms with Crippen molar-refractivity contribution < 1.29 is 9.59 Å². The van der Waals surface area contributed by atoms with Gasteiger partial charge in [0.2, 0.25) is 5.91 Å². The van der Waals surface area contributed by atoms with Gasteiger partial charge in [-0.3, -0.25) is 9.59 Å². The molecule has 0 aromatic heterocycles. The largest absolute Gasteiger partial charge is 0.338 e. The minimum atomic E-state index is -0.204. The van der Waals surface area contributed by atoms with Gasteiger partial charge < -0.3 is 14.7 Å². The van der Waals surface area contributed by atoms with Crippen LogP contribution in [-0.2, 0) is 11.3 Å². The monoisotopic (exact) mass is 609 g/mol. The standard InChI is InChI=1S/C32H36BrN3O2.ClH/c1-34(30(37)27-10-6-3-7-11-27)29(26-8-4-2-5-9-26)16-20-35-21-17-32(18-22-35)19-23-36(31(32)38)24-25-12-14-28(33)15-13-25;/h2-15,29H,16-24H2,1H3;1H. The van der Waals surface area contributed by atoms with Gasteiger partial charge in [0.25, 0.3) is 5.91 Å². The van der Waals surface area contributed by atoms with Gasteiger partial charge in [0.05, 0.1) is 11.5 Å². The van der Waals surface area contributed by atoms with Crippen LogP contribution < -0.4 is 0 Å². The Morgan fingerprint density at radius 1 is 0.897 bits per heavy atom. The van der Waals surface area contributed by atoms with Crippen LogP contribution >= 0.6 is 28.3 Å². The molecule has 3 aromatic carbocycles. The van der Waals surface area contributed by atoms with Gasteiger partial charge in [-0.25, -0.2) is 0 Å². The Morgan fingerprint density at radius 2 is 1.49 bits per heavy atom. The Hall–Kier alpha value is -2.67. The van der Waals surface area contributed by atoms with Crippen LogP contribution in [0.4, 0.5) is 0 Å². The van der Waals surface area contributed by atoms with E-state index >= 15 is 0 Å². The number of rotatable bonds is 8. The normalized spacial score (nSPS) is 17.6. The third-order valence-electron chi connectivity index (χ3n) is 8.41. The van der Waals surface area contributed by atoms with Gasteiger partial charge in [0.15, 0.2) is 0 Å². The van der Waals surface area contributed by atoms with Crippen molar-refractivity contribution in [2.75, 3.05) is 33.2 Å².